The molecule has 0 atom stereocenters. The highest BCUT2D eigenvalue weighted by molar-refractivity contribution is 5.95. The molecule has 0 saturated carbocycles. The number of hydrogen-bond donors (Lipinski definition) is 1. The normalized spacial score (nSPS) is 15.0. The first-order valence-electron chi connectivity index (χ1n) is 9.82. The zero-order valence-corrected chi connectivity index (χ0v) is 16.5. The van der Waals surface area contributed by atoms with E-state index in [0.717, 1.165) is 16.7 Å². The molecule has 0 spiro atoms. The summed E-state index contributed by atoms with van der Waals surface area (Å²) in [5.41, 5.74) is 2.59. The van der Waals surface area contributed by atoms with Crippen LogP contribution in [0.2, 0.25) is 0 Å². The molecule has 1 aliphatic heterocycles. The molecule has 3 aromatic rings. The molecule has 4 amide bonds. The fourth-order valence-electron chi connectivity index (χ4n) is 3.52. The number of urea groups is 2. The van der Waals surface area contributed by atoms with E-state index >= 15 is 0 Å². The SMILES string of the molecule is O=C1N(Cc2ccccc2)C(=O)N(Cc2ccccc2)C(O)N1Cc1ccccc1. The lowest BCUT2D eigenvalue weighted by atomic mass is 10.2. The molecular weight excluding hydrogens is 378 g/mol. The third-order valence-electron chi connectivity index (χ3n) is 5.09. The second kappa shape index (κ2) is 8.80. The van der Waals surface area contributed by atoms with Gasteiger partial charge in [-0.25, -0.2) is 14.5 Å². The Morgan fingerprint density at radius 2 is 0.900 bits per heavy atom. The first-order valence-corrected chi connectivity index (χ1v) is 9.82. The second-order valence-corrected chi connectivity index (χ2v) is 7.21. The van der Waals surface area contributed by atoms with Gasteiger partial charge < -0.3 is 5.11 Å². The average Bonchev–Trinajstić information content (AvgIpc) is 2.79. The molecule has 0 bridgehead atoms. The number of hydrogen-bond acceptors (Lipinski definition) is 3. The molecule has 0 unspecified atom stereocenters. The summed E-state index contributed by atoms with van der Waals surface area (Å²) in [5.74, 6) is 0. The number of amides is 4. The van der Waals surface area contributed by atoms with Crippen molar-refractivity contribution in [3.8, 4) is 0 Å². The van der Waals surface area contributed by atoms with Gasteiger partial charge in [-0.15, -0.1) is 0 Å². The molecule has 4 rings (SSSR count). The fourth-order valence-corrected chi connectivity index (χ4v) is 3.52. The minimum absolute atomic E-state index is 0.141. The van der Waals surface area contributed by atoms with Crippen molar-refractivity contribution in [1.29, 1.82) is 0 Å². The lowest BCUT2D eigenvalue weighted by Gasteiger charge is -2.44. The fraction of sp³-hybridized carbons (Fsp3) is 0.167. The zero-order chi connectivity index (χ0) is 20.9. The minimum atomic E-state index is -1.35. The van der Waals surface area contributed by atoms with Crippen LogP contribution >= 0.6 is 0 Å². The summed E-state index contributed by atoms with van der Waals surface area (Å²) < 4.78 is 0. The predicted molar refractivity (Wildman–Crippen MR) is 113 cm³/mol. The number of aliphatic hydroxyl groups excluding tert-OH is 1. The highest BCUT2D eigenvalue weighted by Gasteiger charge is 2.43. The summed E-state index contributed by atoms with van der Waals surface area (Å²) in [7, 11) is 0. The van der Waals surface area contributed by atoms with Crippen LogP contribution in [0.25, 0.3) is 0 Å². The van der Waals surface area contributed by atoms with Crippen molar-refractivity contribution in [2.45, 2.75) is 26.0 Å². The number of carbonyl (C=O) groups excluding carboxylic acids is 2. The lowest BCUT2D eigenvalue weighted by Crippen LogP contribution is -2.65. The van der Waals surface area contributed by atoms with Crippen molar-refractivity contribution in [2.75, 3.05) is 0 Å². The largest absolute Gasteiger partial charge is 0.356 e. The first kappa shape index (κ1) is 19.7. The van der Waals surface area contributed by atoms with Gasteiger partial charge in [-0.05, 0) is 16.7 Å². The van der Waals surface area contributed by atoms with E-state index < -0.39 is 18.4 Å². The Hall–Kier alpha value is -3.64. The molecule has 6 heteroatoms. The molecule has 0 aromatic heterocycles. The molecule has 6 nitrogen and oxygen atoms in total. The minimum Gasteiger partial charge on any atom is -0.356 e. The number of rotatable bonds is 6. The van der Waals surface area contributed by atoms with Gasteiger partial charge in [-0.3, -0.25) is 9.80 Å². The Kier molecular flexibility index (Phi) is 5.77. The molecule has 0 radical (unpaired) electrons. The predicted octanol–water partition coefficient (Wildman–Crippen LogP) is 4.02. The van der Waals surface area contributed by atoms with E-state index in [1.807, 2.05) is 91.0 Å². The third kappa shape index (κ3) is 4.18. The molecule has 1 N–H and O–H groups in total. The van der Waals surface area contributed by atoms with Crippen LogP contribution in [-0.2, 0) is 19.6 Å². The van der Waals surface area contributed by atoms with E-state index in [1.165, 1.54) is 14.7 Å². The monoisotopic (exact) mass is 401 g/mol. The molecule has 0 aliphatic carbocycles. The Labute approximate surface area is 175 Å². The number of nitrogens with zero attached hydrogens (tertiary/aromatic N) is 3. The first-order chi connectivity index (χ1) is 14.6. The smallest absolute Gasteiger partial charge is 0.332 e. The maximum Gasteiger partial charge on any atom is 0.332 e. The molecule has 3 aromatic carbocycles. The van der Waals surface area contributed by atoms with Gasteiger partial charge in [0.05, 0.1) is 19.6 Å². The number of benzene rings is 3. The van der Waals surface area contributed by atoms with Crippen molar-refractivity contribution in [3.05, 3.63) is 108 Å². The Morgan fingerprint density at radius 1 is 0.567 bits per heavy atom. The van der Waals surface area contributed by atoms with Gasteiger partial charge in [0.15, 0.2) is 0 Å². The van der Waals surface area contributed by atoms with Gasteiger partial charge in [-0.2, -0.15) is 0 Å². The van der Waals surface area contributed by atoms with Crippen LogP contribution in [0.5, 0.6) is 0 Å². The summed E-state index contributed by atoms with van der Waals surface area (Å²) in [6.45, 7) is 0.539. The maximum absolute atomic E-state index is 13.2. The van der Waals surface area contributed by atoms with Gasteiger partial charge in [-0.1, -0.05) is 91.0 Å². The third-order valence-corrected chi connectivity index (χ3v) is 5.09. The van der Waals surface area contributed by atoms with Gasteiger partial charge in [0.2, 0.25) is 6.35 Å². The van der Waals surface area contributed by atoms with Gasteiger partial charge in [0.25, 0.3) is 0 Å². The van der Waals surface area contributed by atoms with Crippen molar-refractivity contribution in [1.82, 2.24) is 14.7 Å². The Morgan fingerprint density at radius 3 is 1.27 bits per heavy atom. The van der Waals surface area contributed by atoms with E-state index in [-0.39, 0.29) is 19.6 Å². The Balaban J connectivity index is 1.64. The number of aliphatic hydroxyl groups is 1. The quantitative estimate of drug-likeness (QED) is 0.678. The second-order valence-electron chi connectivity index (χ2n) is 7.21. The van der Waals surface area contributed by atoms with Gasteiger partial charge in [0.1, 0.15) is 0 Å². The average molecular weight is 401 g/mol. The highest BCUT2D eigenvalue weighted by atomic mass is 16.3. The van der Waals surface area contributed by atoms with Crippen LogP contribution in [0.4, 0.5) is 9.59 Å². The van der Waals surface area contributed by atoms with Crippen LogP contribution in [0.15, 0.2) is 91.0 Å². The summed E-state index contributed by atoms with van der Waals surface area (Å²) in [6, 6.07) is 27.2. The highest BCUT2D eigenvalue weighted by Crippen LogP contribution is 2.24. The molecule has 1 aliphatic rings. The maximum atomic E-state index is 13.2. The van der Waals surface area contributed by atoms with E-state index in [9.17, 15) is 14.7 Å². The van der Waals surface area contributed by atoms with Crippen molar-refractivity contribution >= 4 is 12.1 Å². The van der Waals surface area contributed by atoms with Crippen LogP contribution in [0.3, 0.4) is 0 Å². The zero-order valence-electron chi connectivity index (χ0n) is 16.5. The van der Waals surface area contributed by atoms with Crippen molar-refractivity contribution < 1.29 is 14.7 Å². The summed E-state index contributed by atoms with van der Waals surface area (Å²) in [6.07, 6.45) is -1.35. The summed E-state index contributed by atoms with van der Waals surface area (Å²) >= 11 is 0. The van der Waals surface area contributed by atoms with E-state index in [1.54, 1.807) is 0 Å². The molecular formula is C24H23N3O3. The lowest BCUT2D eigenvalue weighted by molar-refractivity contribution is -0.101. The topological polar surface area (TPSA) is 64.1 Å². The molecule has 1 saturated heterocycles. The summed E-state index contributed by atoms with van der Waals surface area (Å²) in [5, 5.41) is 11.0. The number of imide groups is 1. The molecule has 1 heterocycles. The van der Waals surface area contributed by atoms with Crippen LogP contribution in [-0.4, -0.2) is 38.2 Å². The van der Waals surface area contributed by atoms with E-state index in [0.29, 0.717) is 0 Å². The van der Waals surface area contributed by atoms with Gasteiger partial charge in [0, 0.05) is 0 Å². The molecule has 30 heavy (non-hydrogen) atoms. The van der Waals surface area contributed by atoms with Crippen LogP contribution < -0.4 is 0 Å². The Bertz CT molecular complexity index is 934. The number of carbonyl (C=O) groups is 2. The molecule has 152 valence electrons. The van der Waals surface area contributed by atoms with E-state index in [2.05, 4.69) is 0 Å². The van der Waals surface area contributed by atoms with Crippen LogP contribution in [0.1, 0.15) is 16.7 Å². The van der Waals surface area contributed by atoms with Crippen LogP contribution in [0, 0.1) is 0 Å². The van der Waals surface area contributed by atoms with Gasteiger partial charge >= 0.3 is 12.1 Å². The van der Waals surface area contributed by atoms with E-state index in [4.69, 9.17) is 0 Å². The summed E-state index contributed by atoms with van der Waals surface area (Å²) in [4.78, 5) is 30.2. The van der Waals surface area contributed by atoms with Crippen molar-refractivity contribution in [2.24, 2.45) is 0 Å². The van der Waals surface area contributed by atoms with Crippen molar-refractivity contribution in [3.63, 3.8) is 0 Å². The molecule has 1 fully saturated rings. The standard InChI is InChI=1S/C24H23N3O3/c28-22-25(16-19-10-4-1-5-11-19)23(29)27(18-21-14-8-3-9-15-21)24(30)26(22)17-20-12-6-2-7-13-20/h1-15,22,28H,16-18H2.